The van der Waals surface area contributed by atoms with Gasteiger partial charge in [0.25, 0.3) is 0 Å². The van der Waals surface area contributed by atoms with Crippen LogP contribution in [0.3, 0.4) is 0 Å². The lowest BCUT2D eigenvalue weighted by Gasteiger charge is -2.16. The van der Waals surface area contributed by atoms with E-state index < -0.39 is 10.0 Å². The van der Waals surface area contributed by atoms with Gasteiger partial charge < -0.3 is 9.15 Å². The van der Waals surface area contributed by atoms with Crippen LogP contribution in [0.2, 0.25) is 0 Å². The highest BCUT2D eigenvalue weighted by molar-refractivity contribution is 7.89. The maximum absolute atomic E-state index is 13.0. The number of nitrogens with zero attached hydrogens (tertiary/aromatic N) is 2. The summed E-state index contributed by atoms with van der Waals surface area (Å²) in [6.07, 6.45) is 1.39. The van der Waals surface area contributed by atoms with Crippen molar-refractivity contribution in [1.29, 1.82) is 0 Å². The third-order valence-corrected chi connectivity index (χ3v) is 5.61. The zero-order valence-corrected chi connectivity index (χ0v) is 15.0. The molecule has 8 heteroatoms. The number of halogens is 1. The zero-order chi connectivity index (χ0) is 18.7. The summed E-state index contributed by atoms with van der Waals surface area (Å²) >= 11 is 0. The summed E-state index contributed by atoms with van der Waals surface area (Å²) in [5, 5.41) is 0. The van der Waals surface area contributed by atoms with Crippen LogP contribution in [0, 0.1) is 5.82 Å². The second-order valence-electron chi connectivity index (χ2n) is 5.59. The normalized spacial score (nSPS) is 11.7. The fourth-order valence-electron chi connectivity index (χ4n) is 2.35. The molecular formula is C18H17FN2O4S. The smallest absolute Gasteiger partial charge is 0.243 e. The van der Waals surface area contributed by atoms with Gasteiger partial charge in [-0.1, -0.05) is 0 Å². The van der Waals surface area contributed by atoms with Gasteiger partial charge in [0.05, 0.1) is 24.2 Å². The summed E-state index contributed by atoms with van der Waals surface area (Å²) in [6, 6.07) is 11.8. The van der Waals surface area contributed by atoms with Crippen LogP contribution < -0.4 is 4.74 Å². The largest absolute Gasteiger partial charge is 0.497 e. The fraction of sp³-hybridized carbons (Fsp3) is 0.167. The van der Waals surface area contributed by atoms with Crippen molar-refractivity contribution in [3.63, 3.8) is 0 Å². The lowest BCUT2D eigenvalue weighted by Crippen LogP contribution is -2.26. The molecule has 0 radical (unpaired) electrons. The van der Waals surface area contributed by atoms with Crippen molar-refractivity contribution in [1.82, 2.24) is 9.29 Å². The van der Waals surface area contributed by atoms with Crippen LogP contribution in [0.25, 0.3) is 11.5 Å². The van der Waals surface area contributed by atoms with Crippen LogP contribution in [-0.2, 0) is 16.6 Å². The Morgan fingerprint density at radius 3 is 2.38 bits per heavy atom. The van der Waals surface area contributed by atoms with E-state index in [1.54, 1.807) is 24.3 Å². The summed E-state index contributed by atoms with van der Waals surface area (Å²) in [5.41, 5.74) is 1.06. The average molecular weight is 376 g/mol. The molecule has 0 N–H and O–H groups in total. The van der Waals surface area contributed by atoms with Crippen molar-refractivity contribution in [3.05, 3.63) is 66.3 Å². The first-order chi connectivity index (χ1) is 12.4. The summed E-state index contributed by atoms with van der Waals surface area (Å²) in [7, 11) is -0.700. The Kier molecular flexibility index (Phi) is 5.06. The number of oxazole rings is 1. The molecule has 1 aromatic heterocycles. The molecule has 0 spiro atoms. The number of rotatable bonds is 6. The molecule has 26 heavy (non-hydrogen) atoms. The van der Waals surface area contributed by atoms with E-state index in [2.05, 4.69) is 4.98 Å². The molecule has 0 saturated carbocycles. The van der Waals surface area contributed by atoms with Gasteiger partial charge >= 0.3 is 0 Å². The Hall–Kier alpha value is -2.71. The number of methoxy groups -OCH3 is 1. The van der Waals surface area contributed by atoms with Crippen LogP contribution in [-0.4, -0.2) is 31.9 Å². The van der Waals surface area contributed by atoms with E-state index in [0.717, 1.165) is 0 Å². The van der Waals surface area contributed by atoms with Gasteiger partial charge in [-0.25, -0.2) is 17.8 Å². The molecule has 136 valence electrons. The van der Waals surface area contributed by atoms with E-state index in [0.29, 0.717) is 22.9 Å². The van der Waals surface area contributed by atoms with Crippen molar-refractivity contribution < 1.29 is 22.0 Å². The molecule has 3 rings (SSSR count). The molecule has 0 aliphatic heterocycles. The molecule has 0 fully saturated rings. The molecule has 2 aromatic carbocycles. The van der Waals surface area contributed by atoms with Gasteiger partial charge in [0, 0.05) is 12.6 Å². The highest BCUT2D eigenvalue weighted by Gasteiger charge is 2.22. The minimum absolute atomic E-state index is 0.0407. The topological polar surface area (TPSA) is 72.6 Å². The van der Waals surface area contributed by atoms with E-state index in [9.17, 15) is 12.8 Å². The lowest BCUT2D eigenvalue weighted by atomic mass is 10.2. The highest BCUT2D eigenvalue weighted by atomic mass is 32.2. The van der Waals surface area contributed by atoms with Crippen molar-refractivity contribution in [2.75, 3.05) is 14.2 Å². The van der Waals surface area contributed by atoms with E-state index in [-0.39, 0.29) is 17.3 Å². The van der Waals surface area contributed by atoms with Crippen LogP contribution in [0.15, 0.2) is 64.1 Å². The van der Waals surface area contributed by atoms with E-state index in [1.165, 1.54) is 49.0 Å². The molecule has 3 aromatic rings. The molecule has 1 heterocycles. The zero-order valence-electron chi connectivity index (χ0n) is 14.2. The Morgan fingerprint density at radius 1 is 1.12 bits per heavy atom. The first kappa shape index (κ1) is 18.1. The summed E-state index contributed by atoms with van der Waals surface area (Å²) in [6.45, 7) is 0.0407. The van der Waals surface area contributed by atoms with Gasteiger partial charge in [0.2, 0.25) is 15.9 Å². The van der Waals surface area contributed by atoms with Crippen molar-refractivity contribution in [2.24, 2.45) is 0 Å². The monoisotopic (exact) mass is 376 g/mol. The molecule has 0 unspecified atom stereocenters. The van der Waals surface area contributed by atoms with Crippen LogP contribution >= 0.6 is 0 Å². The van der Waals surface area contributed by atoms with Crippen molar-refractivity contribution in [3.8, 4) is 17.2 Å². The summed E-state index contributed by atoms with van der Waals surface area (Å²) in [5.74, 6) is 0.521. The number of ether oxygens (including phenoxy) is 1. The van der Waals surface area contributed by atoms with E-state index in [1.807, 2.05) is 0 Å². The number of benzene rings is 2. The Balaban J connectivity index is 1.76. The summed E-state index contributed by atoms with van der Waals surface area (Å²) in [4.78, 5) is 4.43. The van der Waals surface area contributed by atoms with Gasteiger partial charge in [-0.3, -0.25) is 0 Å². The third-order valence-electron chi connectivity index (χ3n) is 3.80. The van der Waals surface area contributed by atoms with Gasteiger partial charge in [0.1, 0.15) is 17.8 Å². The van der Waals surface area contributed by atoms with Crippen molar-refractivity contribution in [2.45, 2.75) is 11.4 Å². The Labute approximate surface area is 150 Å². The lowest BCUT2D eigenvalue weighted by molar-refractivity contribution is 0.414. The average Bonchev–Trinajstić information content (AvgIpc) is 3.10. The minimum atomic E-state index is -3.68. The SMILES string of the molecule is COc1ccc(S(=O)(=O)N(C)Cc2coc(-c3ccc(F)cc3)n2)cc1. The third kappa shape index (κ3) is 3.76. The minimum Gasteiger partial charge on any atom is -0.497 e. The molecule has 0 aliphatic rings. The molecule has 6 nitrogen and oxygen atoms in total. The van der Waals surface area contributed by atoms with Crippen LogP contribution in [0.5, 0.6) is 5.75 Å². The maximum Gasteiger partial charge on any atom is 0.243 e. The number of sulfonamides is 1. The number of hydrogen-bond donors (Lipinski definition) is 0. The molecule has 0 bridgehead atoms. The Bertz CT molecular complexity index is 983. The number of aromatic nitrogens is 1. The predicted molar refractivity (Wildman–Crippen MR) is 93.5 cm³/mol. The molecule has 0 aliphatic carbocycles. The van der Waals surface area contributed by atoms with Gasteiger partial charge in [-0.2, -0.15) is 4.31 Å². The standard InChI is InChI=1S/C18H17FN2O4S/c1-21(26(22,23)17-9-7-16(24-2)8-10-17)11-15-12-25-18(20-15)13-3-5-14(19)6-4-13/h3-10,12H,11H2,1-2H3. The summed E-state index contributed by atoms with van der Waals surface area (Å²) < 4.78 is 49.8. The van der Waals surface area contributed by atoms with Gasteiger partial charge in [-0.05, 0) is 48.5 Å². The predicted octanol–water partition coefficient (Wildman–Crippen LogP) is 3.31. The maximum atomic E-state index is 13.0. The molecular weight excluding hydrogens is 359 g/mol. The van der Waals surface area contributed by atoms with Crippen LogP contribution in [0.1, 0.15) is 5.69 Å². The second kappa shape index (κ2) is 7.27. The first-order valence-corrected chi connectivity index (χ1v) is 9.15. The second-order valence-corrected chi connectivity index (χ2v) is 7.63. The van der Waals surface area contributed by atoms with E-state index in [4.69, 9.17) is 9.15 Å². The van der Waals surface area contributed by atoms with E-state index >= 15 is 0 Å². The van der Waals surface area contributed by atoms with Crippen LogP contribution in [0.4, 0.5) is 4.39 Å². The number of hydrogen-bond acceptors (Lipinski definition) is 5. The van der Waals surface area contributed by atoms with Crippen molar-refractivity contribution >= 4 is 10.0 Å². The highest BCUT2D eigenvalue weighted by Crippen LogP contribution is 2.22. The fourth-order valence-corrected chi connectivity index (χ4v) is 3.49. The van der Waals surface area contributed by atoms with Gasteiger partial charge in [0.15, 0.2) is 0 Å². The Morgan fingerprint density at radius 2 is 1.77 bits per heavy atom. The quantitative estimate of drug-likeness (QED) is 0.660. The molecule has 0 saturated heterocycles. The first-order valence-electron chi connectivity index (χ1n) is 7.71. The molecule has 0 atom stereocenters. The van der Waals surface area contributed by atoms with Gasteiger partial charge in [-0.15, -0.1) is 0 Å². The molecule has 0 amide bonds.